The smallest absolute Gasteiger partial charge is 0.324 e. The Morgan fingerprint density at radius 3 is 2.85 bits per heavy atom. The summed E-state index contributed by atoms with van der Waals surface area (Å²) in [7, 11) is 1.64. The molecule has 2 amide bonds. The van der Waals surface area contributed by atoms with E-state index in [9.17, 15) is 9.18 Å². The molecule has 2 aromatic rings. The molecule has 8 heteroatoms. The van der Waals surface area contributed by atoms with Gasteiger partial charge in [0.1, 0.15) is 16.6 Å². The third-order valence-electron chi connectivity index (χ3n) is 2.52. The van der Waals surface area contributed by atoms with Crippen LogP contribution in [0.3, 0.4) is 0 Å². The number of anilines is 2. The van der Waals surface area contributed by atoms with Crippen LogP contribution in [0.5, 0.6) is 0 Å². The summed E-state index contributed by atoms with van der Waals surface area (Å²) in [5.74, 6) is -0.0708. The maximum Gasteiger partial charge on any atom is 0.324 e. The van der Waals surface area contributed by atoms with E-state index in [1.54, 1.807) is 13.1 Å². The third-order valence-corrected chi connectivity index (χ3v) is 2.74. The Hall–Kier alpha value is -2.48. The van der Waals surface area contributed by atoms with Gasteiger partial charge in [-0.1, -0.05) is 18.3 Å². The Balaban J connectivity index is 2.12. The van der Waals surface area contributed by atoms with Gasteiger partial charge in [-0.3, -0.25) is 10.00 Å². The number of nitrogens with two attached hydrogens (primary N) is 1. The van der Waals surface area contributed by atoms with Crippen molar-refractivity contribution >= 4 is 34.7 Å². The number of aryl methyl sites for hydroxylation is 1. The van der Waals surface area contributed by atoms with E-state index in [1.165, 1.54) is 29.1 Å². The van der Waals surface area contributed by atoms with Crippen LogP contribution in [0.2, 0.25) is 0 Å². The number of benzene rings is 1. The number of halogens is 1. The zero-order valence-corrected chi connectivity index (χ0v) is 11.4. The second-order valence-corrected chi connectivity index (χ2v) is 4.42. The summed E-state index contributed by atoms with van der Waals surface area (Å²) in [6.45, 7) is 0. The summed E-state index contributed by atoms with van der Waals surface area (Å²) < 4.78 is 14.4. The number of thiocarbonyl (C=S) groups is 1. The molecule has 0 saturated heterocycles. The van der Waals surface area contributed by atoms with E-state index in [0.29, 0.717) is 17.1 Å². The van der Waals surface area contributed by atoms with Crippen molar-refractivity contribution in [3.8, 4) is 0 Å². The highest BCUT2D eigenvalue weighted by molar-refractivity contribution is 7.80. The Kier molecular flexibility index (Phi) is 3.94. The van der Waals surface area contributed by atoms with Gasteiger partial charge >= 0.3 is 6.03 Å². The largest absolute Gasteiger partial charge is 0.389 e. The molecule has 0 aliphatic rings. The summed E-state index contributed by atoms with van der Waals surface area (Å²) in [4.78, 5) is 12.0. The molecule has 2 rings (SSSR count). The van der Waals surface area contributed by atoms with E-state index >= 15 is 0 Å². The third kappa shape index (κ3) is 3.09. The van der Waals surface area contributed by atoms with Crippen LogP contribution < -0.4 is 16.4 Å². The second-order valence-electron chi connectivity index (χ2n) is 3.98. The van der Waals surface area contributed by atoms with E-state index in [1.807, 2.05) is 0 Å². The van der Waals surface area contributed by atoms with Gasteiger partial charge in [0.25, 0.3) is 0 Å². The number of urea groups is 1. The van der Waals surface area contributed by atoms with Crippen LogP contribution in [0, 0.1) is 5.82 Å². The number of hydrogen-bond acceptors (Lipinski definition) is 3. The predicted molar refractivity (Wildman–Crippen MR) is 78.1 cm³/mol. The number of aromatic nitrogens is 2. The van der Waals surface area contributed by atoms with Crippen molar-refractivity contribution in [1.82, 2.24) is 9.78 Å². The lowest BCUT2D eigenvalue weighted by Crippen LogP contribution is -2.23. The van der Waals surface area contributed by atoms with E-state index in [4.69, 9.17) is 18.0 Å². The van der Waals surface area contributed by atoms with Crippen molar-refractivity contribution in [3.05, 3.63) is 41.8 Å². The normalized spacial score (nSPS) is 10.1. The van der Waals surface area contributed by atoms with E-state index in [2.05, 4.69) is 15.7 Å². The standard InChI is InChI=1S/C12H12FN5OS/c1-18-11(9(6-15-18)10(14)20)17-12(19)16-8-4-2-3-7(13)5-8/h2-6H,1H3,(H2,14,20)(H2,16,17,19). The molecule has 0 spiro atoms. The van der Waals surface area contributed by atoms with Crippen LogP contribution in [-0.4, -0.2) is 20.8 Å². The number of rotatable bonds is 3. The molecule has 0 aliphatic carbocycles. The molecule has 0 radical (unpaired) electrons. The summed E-state index contributed by atoms with van der Waals surface area (Å²) >= 11 is 4.87. The molecule has 1 aromatic carbocycles. The number of amides is 2. The van der Waals surface area contributed by atoms with Crippen molar-refractivity contribution in [3.63, 3.8) is 0 Å². The van der Waals surface area contributed by atoms with Crippen molar-refractivity contribution in [2.24, 2.45) is 12.8 Å². The minimum Gasteiger partial charge on any atom is -0.389 e. The van der Waals surface area contributed by atoms with Crippen LogP contribution in [0.4, 0.5) is 20.7 Å². The fourth-order valence-corrected chi connectivity index (χ4v) is 1.75. The van der Waals surface area contributed by atoms with E-state index in [0.717, 1.165) is 0 Å². The predicted octanol–water partition coefficient (Wildman–Crippen LogP) is 1.84. The topological polar surface area (TPSA) is 85.0 Å². The monoisotopic (exact) mass is 293 g/mol. The zero-order chi connectivity index (χ0) is 14.7. The fourth-order valence-electron chi connectivity index (χ4n) is 1.60. The minimum atomic E-state index is -0.545. The van der Waals surface area contributed by atoms with Crippen molar-refractivity contribution < 1.29 is 9.18 Å². The van der Waals surface area contributed by atoms with Crippen LogP contribution in [0.15, 0.2) is 30.5 Å². The van der Waals surface area contributed by atoms with E-state index < -0.39 is 11.8 Å². The van der Waals surface area contributed by atoms with Crippen LogP contribution in [0.25, 0.3) is 0 Å². The Bertz CT molecular complexity index is 670. The summed E-state index contributed by atoms with van der Waals surface area (Å²) in [6.07, 6.45) is 1.46. The summed E-state index contributed by atoms with van der Waals surface area (Å²) in [5, 5.41) is 9.03. The highest BCUT2D eigenvalue weighted by atomic mass is 32.1. The molecular weight excluding hydrogens is 281 g/mol. The summed E-state index contributed by atoms with van der Waals surface area (Å²) in [6, 6.07) is 5.01. The highest BCUT2D eigenvalue weighted by Crippen LogP contribution is 2.15. The molecule has 0 aliphatic heterocycles. The molecular formula is C12H12FN5OS. The summed E-state index contributed by atoms with van der Waals surface area (Å²) in [5.41, 5.74) is 6.32. The fraction of sp³-hybridized carbons (Fsp3) is 0.0833. The first-order chi connectivity index (χ1) is 9.47. The number of carbonyl (C=O) groups is 1. The number of carbonyl (C=O) groups excluding carboxylic acids is 1. The van der Waals surface area contributed by atoms with Crippen LogP contribution in [0.1, 0.15) is 5.56 Å². The van der Waals surface area contributed by atoms with Gasteiger partial charge in [-0.05, 0) is 18.2 Å². The average molecular weight is 293 g/mol. The Morgan fingerprint density at radius 2 is 2.20 bits per heavy atom. The molecule has 104 valence electrons. The zero-order valence-electron chi connectivity index (χ0n) is 10.6. The lowest BCUT2D eigenvalue weighted by atomic mass is 10.3. The lowest BCUT2D eigenvalue weighted by molar-refractivity contribution is 0.262. The van der Waals surface area contributed by atoms with E-state index in [-0.39, 0.29) is 4.99 Å². The molecule has 1 aromatic heterocycles. The molecule has 0 unspecified atom stereocenters. The SMILES string of the molecule is Cn1ncc(C(N)=S)c1NC(=O)Nc1cccc(F)c1. The van der Waals surface area contributed by atoms with Crippen molar-refractivity contribution in [1.29, 1.82) is 0 Å². The average Bonchev–Trinajstić information content (AvgIpc) is 2.71. The van der Waals surface area contributed by atoms with Gasteiger partial charge in [0.15, 0.2) is 0 Å². The van der Waals surface area contributed by atoms with Gasteiger partial charge in [-0.15, -0.1) is 0 Å². The first-order valence-corrected chi connectivity index (χ1v) is 6.03. The Morgan fingerprint density at radius 1 is 1.45 bits per heavy atom. The first kappa shape index (κ1) is 13.9. The van der Waals surface area contributed by atoms with Crippen LogP contribution in [-0.2, 0) is 7.05 Å². The van der Waals surface area contributed by atoms with Gasteiger partial charge in [-0.25, -0.2) is 9.18 Å². The molecule has 4 N–H and O–H groups in total. The van der Waals surface area contributed by atoms with Gasteiger partial charge < -0.3 is 11.1 Å². The highest BCUT2D eigenvalue weighted by Gasteiger charge is 2.13. The van der Waals surface area contributed by atoms with Crippen molar-refractivity contribution in [2.75, 3.05) is 10.6 Å². The van der Waals surface area contributed by atoms with Crippen molar-refractivity contribution in [2.45, 2.75) is 0 Å². The van der Waals surface area contributed by atoms with Gasteiger partial charge in [-0.2, -0.15) is 5.10 Å². The Labute approximate surface area is 119 Å². The molecule has 6 nitrogen and oxygen atoms in total. The number of hydrogen-bond donors (Lipinski definition) is 3. The maximum atomic E-state index is 13.0. The molecule has 20 heavy (non-hydrogen) atoms. The van der Waals surface area contributed by atoms with Gasteiger partial charge in [0.05, 0.1) is 11.8 Å². The molecule has 1 heterocycles. The number of nitrogens with one attached hydrogen (secondary N) is 2. The molecule has 0 saturated carbocycles. The number of nitrogens with zero attached hydrogens (tertiary/aromatic N) is 2. The molecule has 0 fully saturated rings. The quantitative estimate of drug-likeness (QED) is 0.754. The minimum absolute atomic E-state index is 0.124. The molecule has 0 atom stereocenters. The van der Waals surface area contributed by atoms with Gasteiger partial charge in [0.2, 0.25) is 0 Å². The maximum absolute atomic E-state index is 13.0. The van der Waals surface area contributed by atoms with Crippen LogP contribution >= 0.6 is 12.2 Å². The van der Waals surface area contributed by atoms with Gasteiger partial charge in [0, 0.05) is 12.7 Å². The molecule has 0 bridgehead atoms. The second kappa shape index (κ2) is 5.66. The lowest BCUT2D eigenvalue weighted by Gasteiger charge is -2.09. The first-order valence-electron chi connectivity index (χ1n) is 5.62.